The summed E-state index contributed by atoms with van der Waals surface area (Å²) in [6, 6.07) is 25.3. The minimum Gasteiger partial charge on any atom is -0.431 e. The van der Waals surface area contributed by atoms with Crippen LogP contribution in [0.4, 0.5) is 0 Å². The van der Waals surface area contributed by atoms with Crippen molar-refractivity contribution in [3.8, 4) is 5.69 Å². The van der Waals surface area contributed by atoms with Crippen LogP contribution in [0, 0.1) is 13.8 Å². The zero-order valence-corrected chi connectivity index (χ0v) is 19.8. The van der Waals surface area contributed by atoms with Crippen LogP contribution in [-0.2, 0) is 12.3 Å². The minimum atomic E-state index is -0.111. The first kappa shape index (κ1) is 22.0. The monoisotopic (exact) mass is 468 g/mol. The third kappa shape index (κ3) is 4.47. The zero-order chi connectivity index (χ0) is 23.5. The van der Waals surface area contributed by atoms with Gasteiger partial charge in [-0.05, 0) is 49.7 Å². The predicted octanol–water partition coefficient (Wildman–Crippen LogP) is 5.85. The Hall–Kier alpha value is -3.84. The fraction of sp³-hybridized carbons (Fsp3) is 0.148. The SMILES string of the molecule is Cc1nn(-c2ccccc2)c(C)c1CNC(=O)c1ccccc1CSc1nc2ccccc2o1. The predicted molar refractivity (Wildman–Crippen MR) is 134 cm³/mol. The van der Waals surface area contributed by atoms with Gasteiger partial charge in [-0.3, -0.25) is 4.79 Å². The van der Waals surface area contributed by atoms with Gasteiger partial charge in [-0.15, -0.1) is 0 Å². The van der Waals surface area contributed by atoms with E-state index in [0.29, 0.717) is 23.1 Å². The highest BCUT2D eigenvalue weighted by Gasteiger charge is 2.16. The molecule has 0 aliphatic carbocycles. The number of oxazole rings is 1. The van der Waals surface area contributed by atoms with E-state index in [0.717, 1.165) is 39.3 Å². The Labute approximate surface area is 202 Å². The summed E-state index contributed by atoms with van der Waals surface area (Å²) in [5, 5.41) is 8.35. The average molecular weight is 469 g/mol. The van der Waals surface area contributed by atoms with Gasteiger partial charge in [0.15, 0.2) is 5.58 Å². The molecule has 7 heteroatoms. The fourth-order valence-corrected chi connectivity index (χ4v) is 4.78. The van der Waals surface area contributed by atoms with Crippen LogP contribution in [0.25, 0.3) is 16.8 Å². The lowest BCUT2D eigenvalue weighted by molar-refractivity contribution is 0.0950. The number of carbonyl (C=O) groups excluding carboxylic acids is 1. The molecule has 1 amide bonds. The normalized spacial score (nSPS) is 11.1. The number of carbonyl (C=O) groups is 1. The number of thioether (sulfide) groups is 1. The van der Waals surface area contributed by atoms with E-state index < -0.39 is 0 Å². The Kier molecular flexibility index (Phi) is 6.18. The highest BCUT2D eigenvalue weighted by molar-refractivity contribution is 7.98. The number of aryl methyl sites for hydroxylation is 1. The van der Waals surface area contributed by atoms with Gasteiger partial charge in [-0.25, -0.2) is 9.67 Å². The second kappa shape index (κ2) is 9.57. The van der Waals surface area contributed by atoms with Crippen LogP contribution in [0.3, 0.4) is 0 Å². The molecule has 3 aromatic carbocycles. The van der Waals surface area contributed by atoms with Crippen molar-refractivity contribution < 1.29 is 9.21 Å². The maximum Gasteiger partial charge on any atom is 0.257 e. The summed E-state index contributed by atoms with van der Waals surface area (Å²) < 4.78 is 7.72. The van der Waals surface area contributed by atoms with Gasteiger partial charge < -0.3 is 9.73 Å². The number of amides is 1. The van der Waals surface area contributed by atoms with Crippen molar-refractivity contribution in [1.82, 2.24) is 20.1 Å². The molecule has 0 spiro atoms. The van der Waals surface area contributed by atoms with E-state index in [2.05, 4.69) is 15.4 Å². The quantitative estimate of drug-likeness (QED) is 0.303. The maximum absolute atomic E-state index is 13.1. The van der Waals surface area contributed by atoms with Gasteiger partial charge in [0.2, 0.25) is 0 Å². The van der Waals surface area contributed by atoms with Gasteiger partial charge in [-0.1, -0.05) is 60.3 Å². The van der Waals surface area contributed by atoms with Crippen LogP contribution < -0.4 is 5.32 Å². The number of nitrogens with one attached hydrogen (secondary N) is 1. The van der Waals surface area contributed by atoms with Crippen molar-refractivity contribution in [2.24, 2.45) is 0 Å². The molecule has 0 radical (unpaired) electrons. The lowest BCUT2D eigenvalue weighted by Gasteiger charge is -2.10. The number of hydrogen-bond donors (Lipinski definition) is 1. The summed E-state index contributed by atoms with van der Waals surface area (Å²) in [7, 11) is 0. The average Bonchev–Trinajstić information content (AvgIpc) is 3.41. The van der Waals surface area contributed by atoms with Crippen molar-refractivity contribution in [2.45, 2.75) is 31.4 Å². The zero-order valence-electron chi connectivity index (χ0n) is 19.0. The summed E-state index contributed by atoms with van der Waals surface area (Å²) in [5.74, 6) is 0.473. The molecule has 0 aliphatic heterocycles. The van der Waals surface area contributed by atoms with Crippen LogP contribution in [0.2, 0.25) is 0 Å². The molecule has 0 saturated heterocycles. The van der Waals surface area contributed by atoms with E-state index in [9.17, 15) is 4.79 Å². The van der Waals surface area contributed by atoms with Crippen molar-refractivity contribution in [3.63, 3.8) is 0 Å². The molecule has 0 unspecified atom stereocenters. The molecule has 0 fully saturated rings. The second-order valence-corrected chi connectivity index (χ2v) is 8.90. The van der Waals surface area contributed by atoms with Crippen molar-refractivity contribution in [1.29, 1.82) is 0 Å². The summed E-state index contributed by atoms with van der Waals surface area (Å²) >= 11 is 1.48. The van der Waals surface area contributed by atoms with E-state index >= 15 is 0 Å². The summed E-state index contributed by atoms with van der Waals surface area (Å²) in [6.45, 7) is 4.41. The largest absolute Gasteiger partial charge is 0.431 e. The van der Waals surface area contributed by atoms with Gasteiger partial charge in [0.25, 0.3) is 11.1 Å². The Bertz CT molecular complexity index is 1420. The van der Waals surface area contributed by atoms with E-state index in [1.165, 1.54) is 11.8 Å². The molecule has 0 atom stereocenters. The van der Waals surface area contributed by atoms with Gasteiger partial charge in [0, 0.05) is 29.1 Å². The molecule has 2 heterocycles. The van der Waals surface area contributed by atoms with Gasteiger partial charge in [0.1, 0.15) is 5.52 Å². The fourth-order valence-electron chi connectivity index (χ4n) is 3.94. The summed E-state index contributed by atoms with van der Waals surface area (Å²) in [4.78, 5) is 17.6. The number of aromatic nitrogens is 3. The van der Waals surface area contributed by atoms with E-state index in [1.807, 2.05) is 97.4 Å². The molecule has 2 aromatic heterocycles. The van der Waals surface area contributed by atoms with Gasteiger partial charge in [0.05, 0.1) is 11.4 Å². The third-order valence-corrected chi connectivity index (χ3v) is 6.63. The smallest absolute Gasteiger partial charge is 0.257 e. The van der Waals surface area contributed by atoms with Crippen LogP contribution in [0.15, 0.2) is 88.5 Å². The summed E-state index contributed by atoms with van der Waals surface area (Å²) in [6.07, 6.45) is 0. The molecule has 0 saturated carbocycles. The minimum absolute atomic E-state index is 0.111. The van der Waals surface area contributed by atoms with Crippen LogP contribution in [0.1, 0.15) is 32.9 Å². The summed E-state index contributed by atoms with van der Waals surface area (Å²) in [5.41, 5.74) is 7.12. The molecule has 0 aliphatic rings. The number of rotatable bonds is 7. The molecule has 5 rings (SSSR count). The van der Waals surface area contributed by atoms with Crippen LogP contribution >= 0.6 is 11.8 Å². The Morgan fingerprint density at radius 3 is 2.53 bits per heavy atom. The highest BCUT2D eigenvalue weighted by atomic mass is 32.2. The molecule has 34 heavy (non-hydrogen) atoms. The molecule has 170 valence electrons. The molecule has 6 nitrogen and oxygen atoms in total. The van der Waals surface area contributed by atoms with Gasteiger partial charge in [-0.2, -0.15) is 5.10 Å². The number of para-hydroxylation sites is 3. The van der Waals surface area contributed by atoms with Crippen molar-refractivity contribution in [2.75, 3.05) is 0 Å². The van der Waals surface area contributed by atoms with Crippen LogP contribution in [-0.4, -0.2) is 20.7 Å². The number of nitrogens with zero attached hydrogens (tertiary/aromatic N) is 3. The molecular formula is C27H24N4O2S. The highest BCUT2D eigenvalue weighted by Crippen LogP contribution is 2.27. The van der Waals surface area contributed by atoms with Crippen LogP contribution in [0.5, 0.6) is 0 Å². The lowest BCUT2D eigenvalue weighted by atomic mass is 10.1. The Morgan fingerprint density at radius 2 is 1.71 bits per heavy atom. The van der Waals surface area contributed by atoms with E-state index in [1.54, 1.807) is 0 Å². The standard InChI is InChI=1S/C27H24N4O2S/c1-18-23(19(2)31(30-18)21-11-4-3-5-12-21)16-28-26(32)22-13-7-6-10-20(22)17-34-27-29-24-14-8-9-15-25(24)33-27/h3-15H,16-17H2,1-2H3,(H,28,32). The number of benzene rings is 3. The van der Waals surface area contributed by atoms with Crippen molar-refractivity contribution >= 4 is 28.8 Å². The second-order valence-electron chi connectivity index (χ2n) is 7.97. The molecule has 5 aromatic rings. The van der Waals surface area contributed by atoms with E-state index in [-0.39, 0.29) is 5.91 Å². The van der Waals surface area contributed by atoms with E-state index in [4.69, 9.17) is 4.42 Å². The molecular weight excluding hydrogens is 444 g/mol. The first-order valence-corrected chi connectivity index (χ1v) is 12.0. The molecule has 0 bridgehead atoms. The van der Waals surface area contributed by atoms with Crippen molar-refractivity contribution in [3.05, 3.63) is 107 Å². The third-order valence-electron chi connectivity index (χ3n) is 5.76. The molecule has 1 N–H and O–H groups in total. The number of hydrogen-bond acceptors (Lipinski definition) is 5. The lowest BCUT2D eigenvalue weighted by Crippen LogP contribution is -2.24. The Balaban J connectivity index is 1.29. The Morgan fingerprint density at radius 1 is 0.971 bits per heavy atom. The first-order chi connectivity index (χ1) is 16.6. The van der Waals surface area contributed by atoms with Gasteiger partial charge >= 0.3 is 0 Å². The first-order valence-electron chi connectivity index (χ1n) is 11.0. The number of fused-ring (bicyclic) bond motifs is 1. The topological polar surface area (TPSA) is 73.0 Å². The maximum atomic E-state index is 13.1.